The Bertz CT molecular complexity index is 1010. The van der Waals surface area contributed by atoms with Crippen LogP contribution in [-0.2, 0) is 9.53 Å². The number of esters is 1. The van der Waals surface area contributed by atoms with E-state index < -0.39 is 5.97 Å². The molecule has 2 aromatic heterocycles. The van der Waals surface area contributed by atoms with E-state index in [-0.39, 0.29) is 18.3 Å². The van der Waals surface area contributed by atoms with Crippen LogP contribution in [0.5, 0.6) is 5.75 Å². The van der Waals surface area contributed by atoms with Crippen molar-refractivity contribution in [1.82, 2.24) is 10.2 Å². The normalized spacial score (nSPS) is 10.5. The van der Waals surface area contributed by atoms with E-state index in [4.69, 9.17) is 9.47 Å². The molecule has 0 fully saturated rings. The number of carbonyl (C=O) groups excluding carboxylic acids is 2. The maximum absolute atomic E-state index is 12.3. The first kappa shape index (κ1) is 22.1. The number of amides is 1. The van der Waals surface area contributed by atoms with Crippen molar-refractivity contribution in [3.05, 3.63) is 41.3 Å². The van der Waals surface area contributed by atoms with Gasteiger partial charge in [-0.05, 0) is 37.4 Å². The Morgan fingerprint density at radius 1 is 1.13 bits per heavy atom. The number of hydrogen-bond acceptors (Lipinski definition) is 10. The van der Waals surface area contributed by atoms with Gasteiger partial charge >= 0.3 is 5.97 Å². The number of nitrogens with one attached hydrogen (secondary N) is 2. The second-order valence-electron chi connectivity index (χ2n) is 5.65. The van der Waals surface area contributed by atoms with Crippen LogP contribution in [0.4, 0.5) is 15.8 Å². The van der Waals surface area contributed by atoms with Crippen molar-refractivity contribution >= 4 is 62.1 Å². The quantitative estimate of drug-likeness (QED) is 0.330. The average molecular weight is 465 g/mol. The summed E-state index contributed by atoms with van der Waals surface area (Å²) in [6, 6.07) is 9.21. The molecule has 158 valence electrons. The van der Waals surface area contributed by atoms with Crippen LogP contribution in [0.25, 0.3) is 0 Å². The summed E-state index contributed by atoms with van der Waals surface area (Å²) in [5.74, 6) is 0.190. The van der Waals surface area contributed by atoms with Gasteiger partial charge < -0.3 is 20.1 Å². The summed E-state index contributed by atoms with van der Waals surface area (Å²) in [5.41, 5.74) is 1.16. The largest absolute Gasteiger partial charge is 0.492 e. The van der Waals surface area contributed by atoms with Crippen LogP contribution in [0.3, 0.4) is 0 Å². The van der Waals surface area contributed by atoms with E-state index >= 15 is 0 Å². The van der Waals surface area contributed by atoms with Gasteiger partial charge in [0.2, 0.25) is 11.0 Å². The van der Waals surface area contributed by atoms with E-state index in [0.29, 0.717) is 26.6 Å². The molecule has 1 aromatic carbocycles. The molecule has 0 unspecified atom stereocenters. The van der Waals surface area contributed by atoms with E-state index in [9.17, 15) is 9.59 Å². The predicted molar refractivity (Wildman–Crippen MR) is 120 cm³/mol. The van der Waals surface area contributed by atoms with Gasteiger partial charge in [-0.1, -0.05) is 35.2 Å². The summed E-state index contributed by atoms with van der Waals surface area (Å²) in [6.07, 6.45) is 0. The Morgan fingerprint density at radius 2 is 1.97 bits per heavy atom. The van der Waals surface area contributed by atoms with E-state index in [2.05, 4.69) is 20.8 Å². The second-order valence-corrected chi connectivity index (χ2v) is 8.76. The SMILES string of the molecule is CCOC(=O)c1ccsc1NC(=O)CSc1nnc(Nc2ccccc2OCC)s1. The minimum atomic E-state index is -0.450. The average Bonchev–Trinajstić information content (AvgIpc) is 3.38. The molecule has 3 aromatic rings. The lowest BCUT2D eigenvalue weighted by Crippen LogP contribution is -2.15. The number of ether oxygens (including phenoxy) is 2. The maximum atomic E-state index is 12.3. The van der Waals surface area contributed by atoms with Crippen molar-refractivity contribution in [1.29, 1.82) is 0 Å². The predicted octanol–water partition coefficient (Wildman–Crippen LogP) is 4.65. The Labute approximate surface area is 186 Å². The van der Waals surface area contributed by atoms with E-state index in [1.54, 1.807) is 18.4 Å². The van der Waals surface area contributed by atoms with Gasteiger partial charge in [0.15, 0.2) is 4.34 Å². The Morgan fingerprint density at radius 3 is 2.77 bits per heavy atom. The highest BCUT2D eigenvalue weighted by atomic mass is 32.2. The van der Waals surface area contributed by atoms with Crippen molar-refractivity contribution in [3.8, 4) is 5.75 Å². The van der Waals surface area contributed by atoms with Crippen molar-refractivity contribution < 1.29 is 19.1 Å². The van der Waals surface area contributed by atoms with Crippen LogP contribution in [0.1, 0.15) is 24.2 Å². The van der Waals surface area contributed by atoms with Gasteiger partial charge in [0.25, 0.3) is 0 Å². The minimum absolute atomic E-state index is 0.143. The molecule has 0 aliphatic rings. The van der Waals surface area contributed by atoms with Crippen molar-refractivity contribution in [2.75, 3.05) is 29.6 Å². The van der Waals surface area contributed by atoms with Gasteiger partial charge in [-0.15, -0.1) is 21.5 Å². The smallest absolute Gasteiger partial charge is 0.341 e. The van der Waals surface area contributed by atoms with Gasteiger partial charge in [-0.2, -0.15) is 0 Å². The van der Waals surface area contributed by atoms with Crippen LogP contribution in [0, 0.1) is 0 Å². The molecule has 30 heavy (non-hydrogen) atoms. The van der Waals surface area contributed by atoms with E-state index in [0.717, 1.165) is 11.4 Å². The number of thioether (sulfide) groups is 1. The Hall–Kier alpha value is -2.63. The van der Waals surface area contributed by atoms with Crippen LogP contribution in [-0.4, -0.2) is 41.0 Å². The van der Waals surface area contributed by atoms with E-state index in [1.807, 2.05) is 31.2 Å². The van der Waals surface area contributed by atoms with Gasteiger partial charge in [0, 0.05) is 0 Å². The summed E-state index contributed by atoms with van der Waals surface area (Å²) < 4.78 is 11.2. The molecular formula is C19H20N4O4S3. The van der Waals surface area contributed by atoms with Gasteiger partial charge in [-0.3, -0.25) is 4.79 Å². The molecule has 0 saturated carbocycles. The maximum Gasteiger partial charge on any atom is 0.341 e. The summed E-state index contributed by atoms with van der Waals surface area (Å²) in [5, 5.41) is 17.0. The highest BCUT2D eigenvalue weighted by Crippen LogP contribution is 2.32. The van der Waals surface area contributed by atoms with Crippen LogP contribution in [0.15, 0.2) is 40.1 Å². The van der Waals surface area contributed by atoms with Crippen molar-refractivity contribution in [2.45, 2.75) is 18.2 Å². The van der Waals surface area contributed by atoms with Gasteiger partial charge in [-0.25, -0.2) is 4.79 Å². The first-order valence-electron chi connectivity index (χ1n) is 9.10. The Kier molecular flexibility index (Phi) is 8.05. The fraction of sp³-hybridized carbons (Fsp3) is 0.263. The number of benzene rings is 1. The lowest BCUT2D eigenvalue weighted by atomic mass is 10.3. The topological polar surface area (TPSA) is 102 Å². The molecule has 3 rings (SSSR count). The number of carbonyl (C=O) groups is 2. The van der Waals surface area contributed by atoms with Crippen molar-refractivity contribution in [2.24, 2.45) is 0 Å². The lowest BCUT2D eigenvalue weighted by molar-refractivity contribution is -0.113. The fourth-order valence-corrected chi connectivity index (χ4v) is 4.71. The second kappa shape index (κ2) is 11.0. The van der Waals surface area contributed by atoms with E-state index in [1.165, 1.54) is 34.4 Å². The first-order chi connectivity index (χ1) is 14.6. The molecule has 0 atom stereocenters. The third kappa shape index (κ3) is 5.94. The van der Waals surface area contributed by atoms with Crippen molar-refractivity contribution in [3.63, 3.8) is 0 Å². The first-order valence-corrected chi connectivity index (χ1v) is 11.8. The highest BCUT2D eigenvalue weighted by Gasteiger charge is 2.17. The summed E-state index contributed by atoms with van der Waals surface area (Å²) in [7, 11) is 0. The molecule has 0 radical (unpaired) electrons. The third-order valence-electron chi connectivity index (χ3n) is 3.58. The number of anilines is 3. The summed E-state index contributed by atoms with van der Waals surface area (Å²) in [6.45, 7) is 4.50. The summed E-state index contributed by atoms with van der Waals surface area (Å²) >= 11 is 3.89. The molecule has 11 heteroatoms. The molecular weight excluding hydrogens is 444 g/mol. The number of hydrogen-bond donors (Lipinski definition) is 2. The Balaban J connectivity index is 1.54. The highest BCUT2D eigenvalue weighted by molar-refractivity contribution is 8.01. The zero-order chi connectivity index (χ0) is 21.3. The number of nitrogens with zero attached hydrogens (tertiary/aromatic N) is 2. The van der Waals surface area contributed by atoms with Gasteiger partial charge in [0.05, 0.1) is 30.2 Å². The standard InChI is InChI=1S/C19H20N4O4S3/c1-3-26-14-8-6-5-7-13(14)20-18-22-23-19(30-18)29-11-15(24)21-16-12(9-10-28-16)17(25)27-4-2/h5-10H,3-4,11H2,1-2H3,(H,20,22)(H,21,24). The molecule has 0 bridgehead atoms. The molecule has 1 amide bonds. The molecule has 0 aliphatic carbocycles. The molecule has 2 N–H and O–H groups in total. The zero-order valence-electron chi connectivity index (χ0n) is 16.3. The lowest BCUT2D eigenvalue weighted by Gasteiger charge is -2.09. The van der Waals surface area contributed by atoms with Crippen LogP contribution >= 0.6 is 34.4 Å². The van der Waals surface area contributed by atoms with Gasteiger partial charge in [0.1, 0.15) is 10.8 Å². The molecule has 8 nitrogen and oxygen atoms in total. The minimum Gasteiger partial charge on any atom is -0.492 e. The molecule has 0 aliphatic heterocycles. The molecule has 0 spiro atoms. The third-order valence-corrected chi connectivity index (χ3v) is 6.38. The zero-order valence-corrected chi connectivity index (χ0v) is 18.8. The van der Waals surface area contributed by atoms with Crippen LogP contribution < -0.4 is 15.4 Å². The monoisotopic (exact) mass is 464 g/mol. The molecule has 2 heterocycles. The summed E-state index contributed by atoms with van der Waals surface area (Å²) in [4.78, 5) is 24.2. The van der Waals surface area contributed by atoms with Crippen LogP contribution in [0.2, 0.25) is 0 Å². The number of para-hydroxylation sites is 2. The fourth-order valence-electron chi connectivity index (χ4n) is 2.35. The number of aromatic nitrogens is 2. The number of thiophene rings is 1. The molecule has 0 saturated heterocycles. The number of rotatable bonds is 10.